The predicted molar refractivity (Wildman–Crippen MR) is 116 cm³/mol. The molecular formula is C22H21N5OS. The number of fused-ring (bicyclic) bond motifs is 1. The third-order valence-electron chi connectivity index (χ3n) is 5.27. The number of benzene rings is 1. The summed E-state index contributed by atoms with van der Waals surface area (Å²) in [4.78, 5) is 29.4. The highest BCUT2D eigenvalue weighted by Gasteiger charge is 2.24. The average molecular weight is 404 g/mol. The Balaban J connectivity index is 1.24. The van der Waals surface area contributed by atoms with Crippen LogP contribution in [0.3, 0.4) is 0 Å². The molecule has 3 aromatic heterocycles. The molecule has 4 heterocycles. The van der Waals surface area contributed by atoms with Crippen LogP contribution in [0.1, 0.15) is 16.2 Å². The molecule has 146 valence electrons. The van der Waals surface area contributed by atoms with Gasteiger partial charge in [-0.2, -0.15) is 0 Å². The van der Waals surface area contributed by atoms with Crippen LogP contribution in [0.15, 0.2) is 54.0 Å². The lowest BCUT2D eigenvalue weighted by Crippen LogP contribution is -2.49. The molecule has 6 nitrogen and oxygen atoms in total. The normalized spacial score (nSPS) is 14.5. The number of aromatic nitrogens is 3. The molecule has 4 aromatic rings. The molecule has 0 atom stereocenters. The van der Waals surface area contributed by atoms with Crippen LogP contribution in [-0.2, 0) is 0 Å². The maximum atomic E-state index is 12.9. The second kappa shape index (κ2) is 7.33. The number of piperazine rings is 1. The first-order chi connectivity index (χ1) is 14.2. The quantitative estimate of drug-likeness (QED) is 0.562. The topological polar surface area (TPSA) is 65.1 Å². The molecule has 0 spiro atoms. The number of nitrogens with zero attached hydrogens (tertiary/aromatic N) is 4. The summed E-state index contributed by atoms with van der Waals surface area (Å²) in [7, 11) is 0. The zero-order valence-corrected chi connectivity index (χ0v) is 16.9. The van der Waals surface area contributed by atoms with Gasteiger partial charge in [-0.05, 0) is 31.2 Å². The van der Waals surface area contributed by atoms with Crippen LogP contribution in [0, 0.1) is 6.92 Å². The molecule has 0 unspecified atom stereocenters. The highest BCUT2D eigenvalue weighted by Crippen LogP contribution is 2.25. The molecule has 1 amide bonds. The third kappa shape index (κ3) is 3.49. The summed E-state index contributed by atoms with van der Waals surface area (Å²) in [5.74, 6) is 1.00. The predicted octanol–water partition coefficient (Wildman–Crippen LogP) is 3.96. The molecule has 0 bridgehead atoms. The number of thiazole rings is 1. The van der Waals surface area contributed by atoms with Gasteiger partial charge in [0.2, 0.25) is 0 Å². The summed E-state index contributed by atoms with van der Waals surface area (Å²) in [6.07, 6.45) is 1.88. The Labute approximate surface area is 172 Å². The van der Waals surface area contributed by atoms with E-state index in [0.717, 1.165) is 46.1 Å². The van der Waals surface area contributed by atoms with Crippen molar-refractivity contribution in [2.75, 3.05) is 31.1 Å². The summed E-state index contributed by atoms with van der Waals surface area (Å²) in [5, 5.41) is 4.11. The Morgan fingerprint density at radius 3 is 2.62 bits per heavy atom. The SMILES string of the molecule is Cc1csc(-c2ccc(N3CCN(C(=O)c4cc5ccccc5[nH]4)CC3)nc2)n1. The summed E-state index contributed by atoms with van der Waals surface area (Å²) in [5.41, 5.74) is 3.72. The minimum absolute atomic E-state index is 0.0586. The molecule has 0 aliphatic carbocycles. The van der Waals surface area contributed by atoms with Gasteiger partial charge < -0.3 is 14.8 Å². The van der Waals surface area contributed by atoms with E-state index in [2.05, 4.69) is 25.9 Å². The van der Waals surface area contributed by atoms with Crippen LogP contribution in [0.25, 0.3) is 21.5 Å². The lowest BCUT2D eigenvalue weighted by molar-refractivity contribution is 0.0741. The number of hydrogen-bond acceptors (Lipinski definition) is 5. The van der Waals surface area contributed by atoms with Gasteiger partial charge in [0.1, 0.15) is 16.5 Å². The van der Waals surface area contributed by atoms with Gasteiger partial charge in [0.15, 0.2) is 0 Å². The van der Waals surface area contributed by atoms with E-state index < -0.39 is 0 Å². The number of aromatic amines is 1. The fourth-order valence-corrected chi connectivity index (χ4v) is 4.47. The fourth-order valence-electron chi connectivity index (χ4n) is 3.68. The van der Waals surface area contributed by atoms with Crippen molar-refractivity contribution in [1.82, 2.24) is 19.9 Å². The van der Waals surface area contributed by atoms with Gasteiger partial charge in [-0.25, -0.2) is 9.97 Å². The van der Waals surface area contributed by atoms with Crippen molar-refractivity contribution >= 4 is 34.0 Å². The third-order valence-corrected chi connectivity index (χ3v) is 6.27. The lowest BCUT2D eigenvalue weighted by Gasteiger charge is -2.35. The van der Waals surface area contributed by atoms with E-state index >= 15 is 0 Å². The van der Waals surface area contributed by atoms with Crippen molar-refractivity contribution < 1.29 is 4.79 Å². The number of H-pyrrole nitrogens is 1. The van der Waals surface area contributed by atoms with Gasteiger partial charge in [0.05, 0.1) is 0 Å². The Kier molecular flexibility index (Phi) is 4.52. The fraction of sp³-hybridized carbons (Fsp3) is 0.227. The number of hydrogen-bond donors (Lipinski definition) is 1. The second-order valence-electron chi connectivity index (χ2n) is 7.25. The molecule has 1 aliphatic rings. The van der Waals surface area contributed by atoms with Gasteiger partial charge in [0.25, 0.3) is 5.91 Å². The minimum atomic E-state index is 0.0586. The van der Waals surface area contributed by atoms with Gasteiger partial charge in [-0.15, -0.1) is 11.3 Å². The molecule has 0 saturated carbocycles. The molecule has 1 aromatic carbocycles. The Bertz CT molecular complexity index is 1120. The Morgan fingerprint density at radius 2 is 1.93 bits per heavy atom. The van der Waals surface area contributed by atoms with E-state index in [9.17, 15) is 4.79 Å². The lowest BCUT2D eigenvalue weighted by atomic mass is 10.2. The van der Waals surface area contributed by atoms with Gasteiger partial charge in [-0.1, -0.05) is 18.2 Å². The van der Waals surface area contributed by atoms with E-state index in [-0.39, 0.29) is 5.91 Å². The van der Waals surface area contributed by atoms with Crippen LogP contribution in [0.4, 0.5) is 5.82 Å². The summed E-state index contributed by atoms with van der Waals surface area (Å²) < 4.78 is 0. The van der Waals surface area contributed by atoms with E-state index in [1.165, 1.54) is 0 Å². The van der Waals surface area contributed by atoms with E-state index in [1.807, 2.05) is 59.8 Å². The van der Waals surface area contributed by atoms with Crippen molar-refractivity contribution in [3.63, 3.8) is 0 Å². The minimum Gasteiger partial charge on any atom is -0.353 e. The number of para-hydroxylation sites is 1. The van der Waals surface area contributed by atoms with E-state index in [4.69, 9.17) is 0 Å². The maximum absolute atomic E-state index is 12.9. The Morgan fingerprint density at radius 1 is 1.10 bits per heavy atom. The number of carbonyl (C=O) groups excluding carboxylic acids is 1. The Hall–Kier alpha value is -3.19. The van der Waals surface area contributed by atoms with Gasteiger partial charge in [0, 0.05) is 59.9 Å². The molecule has 0 radical (unpaired) electrons. The van der Waals surface area contributed by atoms with Crippen molar-refractivity contribution in [1.29, 1.82) is 0 Å². The smallest absolute Gasteiger partial charge is 0.270 e. The first-order valence-electron chi connectivity index (χ1n) is 9.68. The first kappa shape index (κ1) is 17.9. The van der Waals surface area contributed by atoms with E-state index in [1.54, 1.807) is 11.3 Å². The van der Waals surface area contributed by atoms with Crippen LogP contribution in [0.5, 0.6) is 0 Å². The number of nitrogens with one attached hydrogen (secondary N) is 1. The first-order valence-corrected chi connectivity index (χ1v) is 10.6. The van der Waals surface area contributed by atoms with Crippen LogP contribution < -0.4 is 4.90 Å². The van der Waals surface area contributed by atoms with Crippen molar-refractivity contribution in [3.05, 3.63) is 65.4 Å². The van der Waals surface area contributed by atoms with Crippen LogP contribution >= 0.6 is 11.3 Å². The highest BCUT2D eigenvalue weighted by molar-refractivity contribution is 7.13. The van der Waals surface area contributed by atoms with Gasteiger partial charge in [-0.3, -0.25) is 4.79 Å². The zero-order chi connectivity index (χ0) is 19.8. The number of anilines is 1. The standard InChI is InChI=1S/C22H21N5OS/c1-15-14-29-21(24-15)17-6-7-20(23-13-17)26-8-10-27(11-9-26)22(28)19-12-16-4-2-3-5-18(16)25-19/h2-7,12-14,25H,8-11H2,1H3. The van der Waals surface area contributed by atoms with Crippen LogP contribution in [0.2, 0.25) is 0 Å². The number of aryl methyl sites for hydroxylation is 1. The molecule has 1 N–H and O–H groups in total. The van der Waals surface area contributed by atoms with Crippen molar-refractivity contribution in [3.8, 4) is 10.6 Å². The summed E-state index contributed by atoms with van der Waals surface area (Å²) >= 11 is 1.64. The molecule has 1 fully saturated rings. The largest absolute Gasteiger partial charge is 0.353 e. The van der Waals surface area contributed by atoms with Gasteiger partial charge >= 0.3 is 0 Å². The molecule has 1 aliphatic heterocycles. The summed E-state index contributed by atoms with van der Waals surface area (Å²) in [6.45, 7) is 4.91. The van der Waals surface area contributed by atoms with Crippen molar-refractivity contribution in [2.24, 2.45) is 0 Å². The molecule has 29 heavy (non-hydrogen) atoms. The number of amides is 1. The van der Waals surface area contributed by atoms with E-state index in [0.29, 0.717) is 18.8 Å². The number of pyridine rings is 1. The molecule has 5 rings (SSSR count). The van der Waals surface area contributed by atoms with Crippen molar-refractivity contribution in [2.45, 2.75) is 6.92 Å². The molecular weight excluding hydrogens is 382 g/mol. The number of carbonyl (C=O) groups is 1. The summed E-state index contributed by atoms with van der Waals surface area (Å²) in [6, 6.07) is 14.0. The molecule has 7 heteroatoms. The second-order valence-corrected chi connectivity index (χ2v) is 8.11. The number of rotatable bonds is 3. The zero-order valence-electron chi connectivity index (χ0n) is 16.1. The maximum Gasteiger partial charge on any atom is 0.270 e. The highest BCUT2D eigenvalue weighted by atomic mass is 32.1. The monoisotopic (exact) mass is 403 g/mol. The average Bonchev–Trinajstić information content (AvgIpc) is 3.40. The van der Waals surface area contributed by atoms with Crippen LogP contribution in [-0.4, -0.2) is 51.9 Å². The molecule has 1 saturated heterocycles.